The van der Waals surface area contributed by atoms with Crippen LogP contribution >= 0.6 is 11.6 Å². The Bertz CT molecular complexity index is 1150. The second-order valence-electron chi connectivity index (χ2n) is 7.55. The van der Waals surface area contributed by atoms with E-state index in [9.17, 15) is 9.90 Å². The summed E-state index contributed by atoms with van der Waals surface area (Å²) in [5, 5.41) is 17.7. The van der Waals surface area contributed by atoms with Crippen molar-refractivity contribution in [3.8, 4) is 5.75 Å². The molecule has 0 saturated carbocycles. The summed E-state index contributed by atoms with van der Waals surface area (Å²) >= 11 is 6.32. The Labute approximate surface area is 202 Å². The fourth-order valence-corrected chi connectivity index (χ4v) is 3.76. The van der Waals surface area contributed by atoms with Gasteiger partial charge in [-0.1, -0.05) is 74.4 Å². The number of amides is 2. The molecule has 0 spiro atoms. The Balaban J connectivity index is 0.00000187. The maximum absolute atomic E-state index is 12.6. The van der Waals surface area contributed by atoms with E-state index in [1.807, 2.05) is 52.0 Å². The summed E-state index contributed by atoms with van der Waals surface area (Å²) in [5.74, 6) is 0.115. The first kappa shape index (κ1) is 26.0. The maximum atomic E-state index is 12.6. The highest BCUT2D eigenvalue weighted by Gasteiger charge is 2.12. The number of allylic oxidation sites excluding steroid dienone is 4. The van der Waals surface area contributed by atoms with E-state index in [4.69, 9.17) is 11.6 Å². The number of benzene rings is 3. The number of phenolic OH excluding ortho intramolecular Hbond substituents is 1. The molecule has 0 unspecified atom stereocenters. The van der Waals surface area contributed by atoms with Crippen molar-refractivity contribution >= 4 is 34.1 Å². The molecule has 3 aromatic rings. The van der Waals surface area contributed by atoms with Crippen LogP contribution in [0.5, 0.6) is 5.75 Å². The SMILES string of the molecule is CC.CC/C(=C\C=C(/C)NC(=O)Nc1c(C)cc(Cl)c2ccc(O)cc12)Cc1ccccc1. The van der Waals surface area contributed by atoms with Gasteiger partial charge < -0.3 is 15.7 Å². The lowest BCUT2D eigenvalue weighted by Gasteiger charge is -2.14. The Kier molecular flexibility index (Phi) is 10.0. The molecule has 5 heteroatoms. The molecule has 174 valence electrons. The van der Waals surface area contributed by atoms with Gasteiger partial charge in [-0.3, -0.25) is 0 Å². The number of anilines is 1. The maximum Gasteiger partial charge on any atom is 0.323 e. The number of hydrogen-bond donors (Lipinski definition) is 3. The molecule has 0 fully saturated rings. The molecule has 0 aromatic heterocycles. The van der Waals surface area contributed by atoms with Crippen LogP contribution < -0.4 is 10.6 Å². The van der Waals surface area contributed by atoms with Crippen molar-refractivity contribution in [1.29, 1.82) is 0 Å². The number of phenols is 1. The van der Waals surface area contributed by atoms with Gasteiger partial charge in [0.25, 0.3) is 0 Å². The highest BCUT2D eigenvalue weighted by molar-refractivity contribution is 6.36. The third kappa shape index (κ3) is 7.40. The minimum absolute atomic E-state index is 0.115. The average molecular weight is 465 g/mol. The number of aromatic hydroxyl groups is 1. The number of aryl methyl sites for hydroxylation is 1. The zero-order valence-electron chi connectivity index (χ0n) is 20.0. The molecular formula is C28H33ClN2O2. The number of rotatable bonds is 6. The van der Waals surface area contributed by atoms with Crippen LogP contribution in [0, 0.1) is 6.92 Å². The molecule has 0 aliphatic rings. The van der Waals surface area contributed by atoms with Crippen molar-refractivity contribution in [3.05, 3.63) is 94.2 Å². The van der Waals surface area contributed by atoms with Gasteiger partial charge in [0, 0.05) is 21.5 Å². The van der Waals surface area contributed by atoms with Crippen LogP contribution in [-0.4, -0.2) is 11.1 Å². The topological polar surface area (TPSA) is 61.4 Å². The molecule has 0 saturated heterocycles. The zero-order chi connectivity index (χ0) is 24.4. The van der Waals surface area contributed by atoms with Crippen molar-refractivity contribution in [3.63, 3.8) is 0 Å². The quantitative estimate of drug-likeness (QED) is 0.322. The first-order valence-corrected chi connectivity index (χ1v) is 11.6. The molecule has 0 heterocycles. The second-order valence-corrected chi connectivity index (χ2v) is 7.96. The van der Waals surface area contributed by atoms with Crippen LogP contribution in [0.4, 0.5) is 10.5 Å². The molecule has 3 rings (SSSR count). The molecule has 3 aromatic carbocycles. The van der Waals surface area contributed by atoms with E-state index in [2.05, 4.69) is 35.8 Å². The summed E-state index contributed by atoms with van der Waals surface area (Å²) in [6.45, 7) is 9.85. The number of halogens is 1. The molecule has 0 aliphatic carbocycles. The van der Waals surface area contributed by atoms with Crippen LogP contribution in [0.15, 0.2) is 78.0 Å². The third-order valence-corrected chi connectivity index (χ3v) is 5.43. The van der Waals surface area contributed by atoms with Gasteiger partial charge in [-0.15, -0.1) is 0 Å². The summed E-state index contributed by atoms with van der Waals surface area (Å²) in [5.41, 5.74) is 4.71. The van der Waals surface area contributed by atoms with Gasteiger partial charge in [0.1, 0.15) is 5.75 Å². The highest BCUT2D eigenvalue weighted by atomic mass is 35.5. The summed E-state index contributed by atoms with van der Waals surface area (Å²) in [6, 6.07) is 16.7. The highest BCUT2D eigenvalue weighted by Crippen LogP contribution is 2.35. The molecule has 0 aliphatic heterocycles. The number of fused-ring (bicyclic) bond motifs is 1. The van der Waals surface area contributed by atoms with E-state index in [-0.39, 0.29) is 11.8 Å². The van der Waals surface area contributed by atoms with Crippen LogP contribution in [0.1, 0.15) is 45.2 Å². The van der Waals surface area contributed by atoms with E-state index in [1.54, 1.807) is 24.3 Å². The lowest BCUT2D eigenvalue weighted by Crippen LogP contribution is -2.27. The van der Waals surface area contributed by atoms with Crippen LogP contribution in [0.2, 0.25) is 5.02 Å². The Morgan fingerprint density at radius 2 is 1.73 bits per heavy atom. The van der Waals surface area contributed by atoms with Crippen LogP contribution in [0.3, 0.4) is 0 Å². The van der Waals surface area contributed by atoms with Gasteiger partial charge in [0.05, 0.1) is 5.69 Å². The fraction of sp³-hybridized carbons (Fsp3) is 0.250. The smallest absolute Gasteiger partial charge is 0.323 e. The first-order valence-electron chi connectivity index (χ1n) is 11.3. The van der Waals surface area contributed by atoms with Crippen molar-refractivity contribution in [2.75, 3.05) is 5.32 Å². The Morgan fingerprint density at radius 1 is 1.03 bits per heavy atom. The van der Waals surface area contributed by atoms with E-state index < -0.39 is 0 Å². The molecule has 0 atom stereocenters. The molecule has 33 heavy (non-hydrogen) atoms. The van der Waals surface area contributed by atoms with Crippen molar-refractivity contribution in [2.45, 2.75) is 47.5 Å². The number of nitrogens with one attached hydrogen (secondary N) is 2. The number of urea groups is 1. The largest absolute Gasteiger partial charge is 0.508 e. The molecule has 4 nitrogen and oxygen atoms in total. The van der Waals surface area contributed by atoms with Crippen LogP contribution in [0.25, 0.3) is 10.8 Å². The minimum Gasteiger partial charge on any atom is -0.508 e. The summed E-state index contributed by atoms with van der Waals surface area (Å²) < 4.78 is 0. The fourth-order valence-electron chi connectivity index (χ4n) is 3.43. The monoisotopic (exact) mass is 464 g/mol. The lowest BCUT2D eigenvalue weighted by molar-refractivity contribution is 0.254. The standard InChI is InChI=1S/C26H27ClN2O2.C2H6/c1-4-19(15-20-8-6-5-7-9-20)11-10-18(3)28-26(31)29-25-17(2)14-24(27)22-13-12-21(30)16-23(22)25;1-2/h5-14,16,30H,4,15H2,1-3H3,(H2,28,29,31);1-2H3/b18-10+,19-11+;. The zero-order valence-corrected chi connectivity index (χ0v) is 20.8. The second kappa shape index (κ2) is 12.7. The predicted molar refractivity (Wildman–Crippen MR) is 141 cm³/mol. The number of carbonyl (C=O) groups excluding carboxylic acids is 1. The Morgan fingerprint density at radius 3 is 2.39 bits per heavy atom. The molecule has 0 bridgehead atoms. The van der Waals surface area contributed by atoms with E-state index in [0.29, 0.717) is 16.1 Å². The van der Waals surface area contributed by atoms with Gasteiger partial charge in [-0.2, -0.15) is 0 Å². The summed E-state index contributed by atoms with van der Waals surface area (Å²) in [4.78, 5) is 12.6. The molecule has 0 radical (unpaired) electrons. The number of hydrogen-bond acceptors (Lipinski definition) is 2. The molecule has 2 amide bonds. The van der Waals surface area contributed by atoms with Gasteiger partial charge >= 0.3 is 6.03 Å². The molecular weight excluding hydrogens is 432 g/mol. The van der Waals surface area contributed by atoms with Gasteiger partial charge in [0.15, 0.2) is 0 Å². The summed E-state index contributed by atoms with van der Waals surface area (Å²) in [6.07, 6.45) is 5.79. The van der Waals surface area contributed by atoms with Crippen molar-refractivity contribution < 1.29 is 9.90 Å². The van der Waals surface area contributed by atoms with Crippen molar-refractivity contribution in [1.82, 2.24) is 5.32 Å². The molecule has 3 N–H and O–H groups in total. The number of carbonyl (C=O) groups is 1. The lowest BCUT2D eigenvalue weighted by atomic mass is 10.0. The predicted octanol–water partition coefficient (Wildman–Crippen LogP) is 8.14. The summed E-state index contributed by atoms with van der Waals surface area (Å²) in [7, 11) is 0. The Hall–Kier alpha value is -3.24. The first-order chi connectivity index (χ1) is 15.9. The van der Waals surface area contributed by atoms with Gasteiger partial charge in [-0.25, -0.2) is 4.79 Å². The minimum atomic E-state index is -0.349. The van der Waals surface area contributed by atoms with Crippen molar-refractivity contribution in [2.24, 2.45) is 0 Å². The van der Waals surface area contributed by atoms with E-state index >= 15 is 0 Å². The third-order valence-electron chi connectivity index (χ3n) is 5.11. The van der Waals surface area contributed by atoms with Gasteiger partial charge in [0.2, 0.25) is 0 Å². The van der Waals surface area contributed by atoms with Crippen LogP contribution in [-0.2, 0) is 6.42 Å². The van der Waals surface area contributed by atoms with Gasteiger partial charge in [-0.05, 0) is 68.2 Å². The normalized spacial score (nSPS) is 11.6. The van der Waals surface area contributed by atoms with E-state index in [1.165, 1.54) is 11.1 Å². The average Bonchev–Trinajstić information content (AvgIpc) is 2.81. The van der Waals surface area contributed by atoms with E-state index in [0.717, 1.165) is 29.5 Å².